The summed E-state index contributed by atoms with van der Waals surface area (Å²) in [5.74, 6) is 0.385. The topological polar surface area (TPSA) is 113 Å². The highest BCUT2D eigenvalue weighted by Gasteiger charge is 2.33. The minimum absolute atomic E-state index is 0.105. The average Bonchev–Trinajstić information content (AvgIpc) is 3.13. The maximum Gasteiger partial charge on any atom is 0.410 e. The molecule has 2 aromatic rings. The number of hydrogen-bond donors (Lipinski definition) is 0. The largest absolute Gasteiger partial charge is 0.475 e. The van der Waals surface area contributed by atoms with Crippen molar-refractivity contribution in [3.8, 4) is 5.88 Å². The van der Waals surface area contributed by atoms with E-state index in [0.717, 1.165) is 18.2 Å². The number of azide groups is 1. The summed E-state index contributed by atoms with van der Waals surface area (Å²) in [5.41, 5.74) is 8.25. The fraction of sp³-hybridized carbons (Fsp3) is 0.571. The van der Waals surface area contributed by atoms with Crippen molar-refractivity contribution in [1.82, 2.24) is 14.9 Å². The highest BCUT2D eigenvalue weighted by molar-refractivity contribution is 6.30. The van der Waals surface area contributed by atoms with Gasteiger partial charge >= 0.3 is 6.09 Å². The molecule has 0 bridgehead atoms. The van der Waals surface area contributed by atoms with Gasteiger partial charge in [-0.1, -0.05) is 30.6 Å². The highest BCUT2D eigenvalue weighted by Crippen LogP contribution is 2.35. The molecule has 31 heavy (non-hydrogen) atoms. The quantitative estimate of drug-likeness (QED) is 0.256. The Morgan fingerprint density at radius 2 is 2.03 bits per heavy atom. The number of rotatable bonds is 5. The fourth-order valence-corrected chi connectivity index (χ4v) is 3.76. The molecule has 9 nitrogen and oxygen atoms in total. The van der Waals surface area contributed by atoms with Gasteiger partial charge in [-0.2, -0.15) is 0 Å². The lowest BCUT2D eigenvalue weighted by molar-refractivity contribution is 0.0186. The van der Waals surface area contributed by atoms with Crippen LogP contribution in [0.2, 0.25) is 5.15 Å². The molecule has 1 amide bonds. The first-order valence-corrected chi connectivity index (χ1v) is 10.5. The van der Waals surface area contributed by atoms with Crippen LogP contribution in [0.3, 0.4) is 0 Å². The molecule has 3 rings (SSSR count). The number of fused-ring (bicyclic) bond motifs is 1. The number of carbonyl (C=O) groups excluding carboxylic acids is 1. The molecule has 0 radical (unpaired) electrons. The third-order valence-corrected chi connectivity index (χ3v) is 5.28. The summed E-state index contributed by atoms with van der Waals surface area (Å²) >= 11 is 6.12. The zero-order valence-corrected chi connectivity index (χ0v) is 19.2. The van der Waals surface area contributed by atoms with E-state index in [1.165, 1.54) is 0 Å². The molecule has 0 saturated carbocycles. The van der Waals surface area contributed by atoms with Gasteiger partial charge in [0.15, 0.2) is 0 Å². The molecular formula is C21H27ClN6O3. The summed E-state index contributed by atoms with van der Waals surface area (Å²) < 4.78 is 11.5. The van der Waals surface area contributed by atoms with E-state index in [4.69, 9.17) is 26.6 Å². The number of amides is 1. The number of likely N-dealkylation sites (tertiary alicyclic amines) is 1. The zero-order valence-electron chi connectivity index (χ0n) is 18.4. The molecule has 1 saturated heterocycles. The minimum atomic E-state index is -0.831. The SMILES string of the molecule is CC(C)(C)OC(=O)N1CCCC1COc1ncc(C(C)(C)N=[N+]=[N-])c2cc(Cl)ncc12. The second-order valence-corrected chi connectivity index (χ2v) is 9.45. The van der Waals surface area contributed by atoms with E-state index in [9.17, 15) is 4.79 Å². The Kier molecular flexibility index (Phi) is 6.48. The Labute approximate surface area is 186 Å². The van der Waals surface area contributed by atoms with Gasteiger partial charge in [0, 0.05) is 23.9 Å². The van der Waals surface area contributed by atoms with Gasteiger partial charge in [0.1, 0.15) is 17.4 Å². The standard InChI is InChI=1S/C21H27ClN6O3/c1-20(2,3)31-19(29)28-8-6-7-13(28)12-30-18-15-10-24-17(22)9-14(15)16(11-25-18)21(4,5)26-27-23/h9-11,13H,6-8,12H2,1-5H3. The highest BCUT2D eigenvalue weighted by atomic mass is 35.5. The lowest BCUT2D eigenvalue weighted by Crippen LogP contribution is -2.42. The normalized spacial score (nSPS) is 16.8. The summed E-state index contributed by atoms with van der Waals surface area (Å²) in [5, 5.41) is 5.60. The molecule has 166 valence electrons. The molecule has 3 heterocycles. The number of carbonyl (C=O) groups is 1. The Bertz CT molecular complexity index is 1030. The van der Waals surface area contributed by atoms with Gasteiger partial charge < -0.3 is 14.4 Å². The van der Waals surface area contributed by atoms with Crippen molar-refractivity contribution in [1.29, 1.82) is 0 Å². The molecule has 0 N–H and O–H groups in total. The first-order chi connectivity index (χ1) is 14.5. The molecule has 10 heteroatoms. The molecule has 1 aliphatic rings. The fourth-order valence-electron chi connectivity index (χ4n) is 3.60. The van der Waals surface area contributed by atoms with Crippen LogP contribution >= 0.6 is 11.6 Å². The zero-order chi connectivity index (χ0) is 22.8. The van der Waals surface area contributed by atoms with Crippen LogP contribution in [0.1, 0.15) is 53.0 Å². The van der Waals surface area contributed by atoms with Crippen molar-refractivity contribution in [3.05, 3.63) is 39.6 Å². The van der Waals surface area contributed by atoms with Crippen LogP contribution in [0.25, 0.3) is 21.2 Å². The molecule has 0 aromatic carbocycles. The van der Waals surface area contributed by atoms with Crippen LogP contribution in [-0.2, 0) is 10.3 Å². The van der Waals surface area contributed by atoms with Crippen molar-refractivity contribution in [3.63, 3.8) is 0 Å². The molecule has 1 fully saturated rings. The first-order valence-electron chi connectivity index (χ1n) is 10.2. The van der Waals surface area contributed by atoms with Crippen LogP contribution in [-0.4, -0.2) is 45.8 Å². The molecule has 1 unspecified atom stereocenters. The lowest BCUT2D eigenvalue weighted by atomic mass is 9.93. The number of aromatic nitrogens is 2. The Balaban J connectivity index is 1.86. The van der Waals surface area contributed by atoms with E-state index in [2.05, 4.69) is 20.0 Å². The molecular weight excluding hydrogens is 420 g/mol. The van der Waals surface area contributed by atoms with Gasteiger partial charge in [0.25, 0.3) is 0 Å². The second-order valence-electron chi connectivity index (χ2n) is 9.06. The van der Waals surface area contributed by atoms with Crippen molar-refractivity contribution < 1.29 is 14.3 Å². The summed E-state index contributed by atoms with van der Waals surface area (Å²) in [6.45, 7) is 10.1. The summed E-state index contributed by atoms with van der Waals surface area (Å²) in [4.78, 5) is 25.8. The summed E-state index contributed by atoms with van der Waals surface area (Å²) in [6.07, 6.45) is 4.59. The van der Waals surface area contributed by atoms with Gasteiger partial charge in [-0.05, 0) is 56.2 Å². The number of hydrogen-bond acceptors (Lipinski definition) is 6. The van der Waals surface area contributed by atoms with Crippen molar-refractivity contribution in [2.24, 2.45) is 5.11 Å². The lowest BCUT2D eigenvalue weighted by Gasteiger charge is -2.28. The van der Waals surface area contributed by atoms with Gasteiger partial charge in [-0.15, -0.1) is 0 Å². The van der Waals surface area contributed by atoms with Gasteiger partial charge in [0.2, 0.25) is 5.88 Å². The Morgan fingerprint density at radius 1 is 1.29 bits per heavy atom. The van der Waals surface area contributed by atoms with Crippen LogP contribution in [0, 0.1) is 0 Å². The minimum Gasteiger partial charge on any atom is -0.475 e. The number of pyridine rings is 2. The number of halogens is 1. The number of nitrogens with zero attached hydrogens (tertiary/aromatic N) is 6. The molecule has 0 aliphatic carbocycles. The number of ether oxygens (including phenoxy) is 2. The van der Waals surface area contributed by atoms with Crippen LogP contribution < -0.4 is 4.74 Å². The van der Waals surface area contributed by atoms with Gasteiger partial charge in [0.05, 0.1) is 17.0 Å². The first kappa shape index (κ1) is 22.9. The van der Waals surface area contributed by atoms with Crippen molar-refractivity contribution >= 4 is 28.5 Å². The van der Waals surface area contributed by atoms with Gasteiger partial charge in [-0.3, -0.25) is 0 Å². The van der Waals surface area contributed by atoms with E-state index in [-0.39, 0.29) is 18.7 Å². The van der Waals surface area contributed by atoms with Crippen LogP contribution in [0.4, 0.5) is 4.79 Å². The van der Waals surface area contributed by atoms with E-state index in [1.807, 2.05) is 20.8 Å². The third-order valence-electron chi connectivity index (χ3n) is 5.07. The molecule has 1 aliphatic heterocycles. The maximum absolute atomic E-state index is 12.5. The van der Waals surface area contributed by atoms with E-state index < -0.39 is 11.1 Å². The van der Waals surface area contributed by atoms with E-state index in [1.54, 1.807) is 37.2 Å². The average molecular weight is 447 g/mol. The monoisotopic (exact) mass is 446 g/mol. The smallest absolute Gasteiger partial charge is 0.410 e. The molecule has 2 aromatic heterocycles. The van der Waals surface area contributed by atoms with Crippen LogP contribution in [0.5, 0.6) is 5.88 Å². The van der Waals surface area contributed by atoms with Crippen molar-refractivity contribution in [2.75, 3.05) is 13.2 Å². The van der Waals surface area contributed by atoms with E-state index >= 15 is 0 Å². The molecule has 1 atom stereocenters. The second kappa shape index (κ2) is 8.77. The molecule has 0 spiro atoms. The van der Waals surface area contributed by atoms with Gasteiger partial charge in [-0.25, -0.2) is 14.8 Å². The van der Waals surface area contributed by atoms with E-state index in [0.29, 0.717) is 28.5 Å². The Morgan fingerprint density at radius 3 is 2.71 bits per heavy atom. The predicted octanol–water partition coefficient (Wildman–Crippen LogP) is 5.61. The van der Waals surface area contributed by atoms with Crippen molar-refractivity contribution in [2.45, 2.75) is 64.6 Å². The third kappa shape index (κ3) is 5.29. The maximum atomic E-state index is 12.5. The predicted molar refractivity (Wildman–Crippen MR) is 118 cm³/mol. The summed E-state index contributed by atoms with van der Waals surface area (Å²) in [7, 11) is 0. The summed E-state index contributed by atoms with van der Waals surface area (Å²) in [6, 6.07) is 1.60. The Hall–Kier alpha value is -2.77. The van der Waals surface area contributed by atoms with Crippen LogP contribution in [0.15, 0.2) is 23.6 Å².